The number of rotatable bonds is 4. The number of aryl methyl sites for hydroxylation is 1. The Morgan fingerprint density at radius 1 is 1.00 bits per heavy atom. The molecule has 3 aromatic rings. The number of halogens is 3. The first-order chi connectivity index (χ1) is 16.5. The smallest absolute Gasteiger partial charge is 0.416 e. The van der Waals surface area contributed by atoms with Gasteiger partial charge in [-0.25, -0.2) is 0 Å². The number of nitro benzene ring substituents is 1. The summed E-state index contributed by atoms with van der Waals surface area (Å²) in [4.78, 5) is 37.4. The molecule has 0 saturated carbocycles. The third-order valence-corrected chi connectivity index (χ3v) is 5.64. The molecule has 1 aliphatic heterocycles. The molecule has 178 valence electrons. The molecule has 7 nitrogen and oxygen atoms in total. The highest BCUT2D eigenvalue weighted by Crippen LogP contribution is 2.43. The number of alkyl halides is 3. The zero-order chi connectivity index (χ0) is 25.5. The topological polar surface area (TPSA) is 101 Å². The van der Waals surface area contributed by atoms with Gasteiger partial charge >= 0.3 is 6.18 Å². The summed E-state index contributed by atoms with van der Waals surface area (Å²) in [5, 5.41) is 22.1. The van der Waals surface area contributed by atoms with Crippen molar-refractivity contribution in [3.05, 3.63) is 111 Å². The maximum Gasteiger partial charge on any atom is 0.416 e. The third kappa shape index (κ3) is 4.37. The highest BCUT2D eigenvalue weighted by atomic mass is 19.4. The molecule has 0 bridgehead atoms. The zero-order valence-corrected chi connectivity index (χ0v) is 18.1. The van der Waals surface area contributed by atoms with Crippen LogP contribution >= 0.6 is 0 Å². The van der Waals surface area contributed by atoms with E-state index in [1.165, 1.54) is 30.3 Å². The van der Waals surface area contributed by atoms with E-state index < -0.39 is 40.2 Å². The maximum absolute atomic E-state index is 13.3. The fraction of sp³-hybridized carbons (Fsp3) is 0.120. The minimum Gasteiger partial charge on any atom is -0.507 e. The van der Waals surface area contributed by atoms with Gasteiger partial charge in [0.1, 0.15) is 5.76 Å². The summed E-state index contributed by atoms with van der Waals surface area (Å²) in [5.41, 5.74) is -0.553. The van der Waals surface area contributed by atoms with Gasteiger partial charge in [-0.15, -0.1) is 0 Å². The minimum atomic E-state index is -4.70. The van der Waals surface area contributed by atoms with Gasteiger partial charge in [0, 0.05) is 23.4 Å². The summed E-state index contributed by atoms with van der Waals surface area (Å²) >= 11 is 0. The summed E-state index contributed by atoms with van der Waals surface area (Å²) in [6, 6.07) is 13.9. The van der Waals surface area contributed by atoms with E-state index in [9.17, 15) is 38.0 Å². The van der Waals surface area contributed by atoms with Gasteiger partial charge in [0.25, 0.3) is 17.4 Å². The van der Waals surface area contributed by atoms with Crippen molar-refractivity contribution in [2.45, 2.75) is 19.1 Å². The first kappa shape index (κ1) is 23.7. The van der Waals surface area contributed by atoms with Crippen molar-refractivity contribution in [1.82, 2.24) is 0 Å². The number of hydrogen-bond acceptors (Lipinski definition) is 5. The van der Waals surface area contributed by atoms with Crippen molar-refractivity contribution in [2.24, 2.45) is 0 Å². The SMILES string of the molecule is Cc1ccc(C(O)=C2C(=O)C(=O)N(c3cccc(C(F)(F)F)c3)[C@@H]2c2ccc([N+](=O)[O-])cc2)cc1. The first-order valence-corrected chi connectivity index (χ1v) is 10.3. The fourth-order valence-corrected chi connectivity index (χ4v) is 3.89. The van der Waals surface area contributed by atoms with E-state index in [4.69, 9.17) is 0 Å². The van der Waals surface area contributed by atoms with Crippen LogP contribution in [0.15, 0.2) is 78.4 Å². The molecule has 0 aromatic heterocycles. The molecule has 1 atom stereocenters. The largest absolute Gasteiger partial charge is 0.507 e. The second-order valence-electron chi connectivity index (χ2n) is 7.93. The molecule has 1 saturated heterocycles. The molecule has 10 heteroatoms. The standard InChI is InChI=1S/C25H17F3N2O5/c1-14-5-7-16(8-6-14)22(31)20-21(15-9-11-18(12-10-15)30(34)35)29(24(33)23(20)32)19-4-2-3-17(13-19)25(26,27)28/h2-13,21,31H,1H3/t21-/m1/s1. The Balaban J connectivity index is 1.94. The Morgan fingerprint density at radius 3 is 2.20 bits per heavy atom. The van der Waals surface area contributed by atoms with Crippen molar-refractivity contribution in [2.75, 3.05) is 4.90 Å². The lowest BCUT2D eigenvalue weighted by molar-refractivity contribution is -0.384. The van der Waals surface area contributed by atoms with Crippen LogP contribution in [0.3, 0.4) is 0 Å². The number of ketones is 1. The van der Waals surface area contributed by atoms with E-state index >= 15 is 0 Å². The lowest BCUT2D eigenvalue weighted by Gasteiger charge is -2.26. The zero-order valence-electron chi connectivity index (χ0n) is 18.1. The number of anilines is 1. The fourth-order valence-electron chi connectivity index (χ4n) is 3.89. The normalized spacial score (nSPS) is 17.6. The van der Waals surface area contributed by atoms with Crippen LogP contribution in [0.2, 0.25) is 0 Å². The minimum absolute atomic E-state index is 0.195. The average molecular weight is 482 g/mol. The number of nitro groups is 1. The molecule has 0 unspecified atom stereocenters. The molecule has 1 fully saturated rings. The monoisotopic (exact) mass is 482 g/mol. The van der Waals surface area contributed by atoms with Crippen molar-refractivity contribution in [3.8, 4) is 0 Å². The van der Waals surface area contributed by atoms with Gasteiger partial charge in [0.05, 0.1) is 22.1 Å². The molecule has 1 heterocycles. The predicted octanol–water partition coefficient (Wildman–Crippen LogP) is 5.55. The van der Waals surface area contributed by atoms with Crippen molar-refractivity contribution in [3.63, 3.8) is 0 Å². The number of benzene rings is 3. The maximum atomic E-state index is 13.3. The van der Waals surface area contributed by atoms with Crippen molar-refractivity contribution >= 4 is 28.8 Å². The number of aliphatic hydroxyl groups excluding tert-OH is 1. The number of amides is 1. The van der Waals surface area contributed by atoms with Gasteiger partial charge < -0.3 is 5.11 Å². The van der Waals surface area contributed by atoms with Crippen LogP contribution in [0.1, 0.15) is 28.3 Å². The molecule has 4 rings (SSSR count). The number of hydrogen-bond donors (Lipinski definition) is 1. The van der Waals surface area contributed by atoms with Crippen LogP contribution < -0.4 is 4.90 Å². The molecule has 1 N–H and O–H groups in total. The second-order valence-corrected chi connectivity index (χ2v) is 7.93. The molecule has 3 aromatic carbocycles. The molecule has 35 heavy (non-hydrogen) atoms. The van der Waals surface area contributed by atoms with Gasteiger partial charge in [-0.3, -0.25) is 24.6 Å². The Morgan fingerprint density at radius 2 is 1.63 bits per heavy atom. The summed E-state index contributed by atoms with van der Waals surface area (Å²) in [7, 11) is 0. The molecular formula is C25H17F3N2O5. The Hall–Kier alpha value is -4.47. The van der Waals surface area contributed by atoms with Crippen LogP contribution in [0.5, 0.6) is 0 Å². The second kappa shape index (κ2) is 8.71. The van der Waals surface area contributed by atoms with E-state index in [1.807, 2.05) is 6.92 Å². The van der Waals surface area contributed by atoms with Crippen molar-refractivity contribution in [1.29, 1.82) is 0 Å². The molecule has 0 spiro atoms. The van der Waals surface area contributed by atoms with Crippen LogP contribution in [0.25, 0.3) is 5.76 Å². The van der Waals surface area contributed by atoms with Gasteiger partial charge in [0.2, 0.25) is 0 Å². The van der Waals surface area contributed by atoms with Crippen LogP contribution in [-0.2, 0) is 15.8 Å². The van der Waals surface area contributed by atoms with Crippen LogP contribution in [-0.4, -0.2) is 21.7 Å². The molecule has 1 amide bonds. The summed E-state index contributed by atoms with van der Waals surface area (Å²) in [6.45, 7) is 1.81. The van der Waals surface area contributed by atoms with Crippen molar-refractivity contribution < 1.29 is 32.8 Å². The predicted molar refractivity (Wildman–Crippen MR) is 121 cm³/mol. The highest BCUT2D eigenvalue weighted by Gasteiger charge is 2.47. The van der Waals surface area contributed by atoms with E-state index in [2.05, 4.69) is 0 Å². The molecule has 1 aliphatic rings. The highest BCUT2D eigenvalue weighted by molar-refractivity contribution is 6.51. The van der Waals surface area contributed by atoms with Crippen LogP contribution in [0.4, 0.5) is 24.5 Å². The van der Waals surface area contributed by atoms with E-state index in [1.54, 1.807) is 12.1 Å². The molecule has 0 aliphatic carbocycles. The Bertz CT molecular complexity index is 1360. The summed E-state index contributed by atoms with van der Waals surface area (Å²) in [6.07, 6.45) is -4.70. The van der Waals surface area contributed by atoms with E-state index in [0.29, 0.717) is 0 Å². The van der Waals surface area contributed by atoms with Gasteiger partial charge in [-0.1, -0.05) is 35.9 Å². The molecular weight excluding hydrogens is 465 g/mol. The van der Waals surface area contributed by atoms with E-state index in [-0.39, 0.29) is 28.1 Å². The Kier molecular flexibility index (Phi) is 5.89. The third-order valence-electron chi connectivity index (χ3n) is 5.64. The van der Waals surface area contributed by atoms with Gasteiger partial charge in [0.15, 0.2) is 0 Å². The number of Topliss-reactive ketones (excluding diaryl/α,β-unsaturated/α-hetero) is 1. The number of carbonyl (C=O) groups is 2. The summed E-state index contributed by atoms with van der Waals surface area (Å²) in [5.74, 6) is -2.74. The van der Waals surface area contributed by atoms with Crippen LogP contribution in [0, 0.1) is 17.0 Å². The van der Waals surface area contributed by atoms with Gasteiger partial charge in [-0.2, -0.15) is 13.2 Å². The quantitative estimate of drug-likeness (QED) is 0.173. The van der Waals surface area contributed by atoms with Gasteiger partial charge in [-0.05, 0) is 42.8 Å². The lowest BCUT2D eigenvalue weighted by Crippen LogP contribution is -2.29. The number of carbonyl (C=O) groups excluding carboxylic acids is 2. The number of nitrogens with zero attached hydrogens (tertiary/aromatic N) is 2. The molecule has 0 radical (unpaired) electrons. The lowest BCUT2D eigenvalue weighted by atomic mass is 9.94. The number of non-ortho nitro benzene ring substituents is 1. The van der Waals surface area contributed by atoms with E-state index in [0.717, 1.165) is 40.8 Å². The Labute approximate surface area is 196 Å². The average Bonchev–Trinajstić information content (AvgIpc) is 3.09. The number of aliphatic hydroxyl groups is 1. The summed E-state index contributed by atoms with van der Waals surface area (Å²) < 4.78 is 40.0. The first-order valence-electron chi connectivity index (χ1n) is 10.3.